The number of hydrogen-bond donors (Lipinski definition) is 1. The molecule has 2 nitrogen and oxygen atoms in total. The molecule has 0 bridgehead atoms. The summed E-state index contributed by atoms with van der Waals surface area (Å²) in [6.07, 6.45) is 4.90. The number of benzene rings is 2. The van der Waals surface area contributed by atoms with Crippen LogP contribution in [0.1, 0.15) is 30.6 Å². The molecule has 2 aromatic carbocycles. The van der Waals surface area contributed by atoms with Gasteiger partial charge >= 0.3 is 21.7 Å². The molecule has 0 saturated carbocycles. The minimum Gasteiger partial charge on any atom is -1.00 e. The van der Waals surface area contributed by atoms with Crippen LogP contribution in [0.25, 0.3) is 16.3 Å². The van der Waals surface area contributed by atoms with Gasteiger partial charge in [-0.3, -0.25) is 0 Å². The third-order valence-corrected chi connectivity index (χ3v) is 4.23. The molecular weight excluding hydrogens is 389 g/mol. The van der Waals surface area contributed by atoms with Crippen molar-refractivity contribution in [2.75, 3.05) is 20.6 Å². The topological polar surface area (TPSA) is 23.5 Å². The first kappa shape index (κ1) is 24.4. The Hall–Kier alpha value is -0.606. The van der Waals surface area contributed by atoms with Crippen molar-refractivity contribution in [2.45, 2.75) is 19.4 Å². The summed E-state index contributed by atoms with van der Waals surface area (Å²) >= 11 is 0. The Labute approximate surface area is 177 Å². The number of aliphatic hydroxyl groups is 1. The second-order valence-electron chi connectivity index (χ2n) is 6.27. The SMILES string of the molecule is CC(O)c1c(C2=C(CN(C)C)C=CC2)ccc2ccccc12.[Cl-].[Cl-].[Ti+2]. The van der Waals surface area contributed by atoms with Crippen LogP contribution in [-0.2, 0) is 21.7 Å². The van der Waals surface area contributed by atoms with Crippen LogP contribution >= 0.6 is 0 Å². The molecular formula is C20H23Cl2NOTi. The van der Waals surface area contributed by atoms with Crippen LogP contribution in [0.2, 0.25) is 0 Å². The van der Waals surface area contributed by atoms with Crippen LogP contribution in [0.15, 0.2) is 54.1 Å². The summed E-state index contributed by atoms with van der Waals surface area (Å²) in [7, 11) is 4.18. The van der Waals surface area contributed by atoms with Crippen molar-refractivity contribution in [1.82, 2.24) is 4.90 Å². The molecule has 5 heteroatoms. The minimum absolute atomic E-state index is 0. The van der Waals surface area contributed by atoms with E-state index in [2.05, 4.69) is 55.4 Å². The second-order valence-corrected chi connectivity index (χ2v) is 6.27. The van der Waals surface area contributed by atoms with Gasteiger partial charge in [-0.2, -0.15) is 0 Å². The van der Waals surface area contributed by atoms with Crippen molar-refractivity contribution >= 4 is 16.3 Å². The maximum absolute atomic E-state index is 10.4. The Morgan fingerprint density at radius 2 is 1.76 bits per heavy atom. The summed E-state index contributed by atoms with van der Waals surface area (Å²) in [5, 5.41) is 12.7. The Morgan fingerprint density at radius 3 is 2.40 bits per heavy atom. The normalized spacial score (nSPS) is 14.1. The Bertz CT molecular complexity index is 769. The molecule has 0 fully saturated rings. The number of fused-ring (bicyclic) bond motifs is 1. The van der Waals surface area contributed by atoms with E-state index in [1.54, 1.807) is 0 Å². The fourth-order valence-electron chi connectivity index (χ4n) is 3.33. The van der Waals surface area contributed by atoms with E-state index in [4.69, 9.17) is 0 Å². The Kier molecular flexibility index (Phi) is 10.3. The van der Waals surface area contributed by atoms with Gasteiger partial charge in [-0.25, -0.2) is 0 Å². The first-order chi connectivity index (χ1) is 10.6. The summed E-state index contributed by atoms with van der Waals surface area (Å²) in [5.74, 6) is 0. The van der Waals surface area contributed by atoms with E-state index in [1.807, 2.05) is 19.1 Å². The van der Waals surface area contributed by atoms with Crippen LogP contribution in [0.5, 0.6) is 0 Å². The van der Waals surface area contributed by atoms with Crippen molar-refractivity contribution in [2.24, 2.45) is 0 Å². The molecule has 1 atom stereocenters. The average molecular weight is 412 g/mol. The average Bonchev–Trinajstić information content (AvgIpc) is 2.93. The number of rotatable bonds is 4. The number of halogens is 2. The van der Waals surface area contributed by atoms with Crippen molar-refractivity contribution in [1.29, 1.82) is 0 Å². The first-order valence-electron chi connectivity index (χ1n) is 7.81. The molecule has 1 unspecified atom stereocenters. The molecule has 0 radical (unpaired) electrons. The molecule has 0 amide bonds. The smallest absolute Gasteiger partial charge is 1.00 e. The molecule has 0 spiro atoms. The van der Waals surface area contributed by atoms with E-state index >= 15 is 0 Å². The summed E-state index contributed by atoms with van der Waals surface area (Å²) in [4.78, 5) is 2.19. The van der Waals surface area contributed by atoms with E-state index in [1.165, 1.54) is 22.1 Å². The van der Waals surface area contributed by atoms with E-state index in [0.29, 0.717) is 0 Å². The number of likely N-dealkylation sites (N-methyl/N-ethyl adjacent to an activating group) is 1. The van der Waals surface area contributed by atoms with Crippen LogP contribution in [0.3, 0.4) is 0 Å². The number of allylic oxidation sites excluding steroid dienone is 2. The van der Waals surface area contributed by atoms with Crippen LogP contribution < -0.4 is 24.8 Å². The van der Waals surface area contributed by atoms with Gasteiger partial charge in [0.25, 0.3) is 0 Å². The quantitative estimate of drug-likeness (QED) is 0.598. The minimum atomic E-state index is -0.477. The maximum atomic E-state index is 10.4. The van der Waals surface area contributed by atoms with E-state index in [0.717, 1.165) is 23.9 Å². The predicted octanol–water partition coefficient (Wildman–Crippen LogP) is -1.83. The van der Waals surface area contributed by atoms with Crippen molar-refractivity contribution in [3.05, 3.63) is 65.3 Å². The van der Waals surface area contributed by atoms with Gasteiger partial charge in [-0.15, -0.1) is 0 Å². The molecule has 1 N–H and O–H groups in total. The fourth-order valence-corrected chi connectivity index (χ4v) is 3.33. The van der Waals surface area contributed by atoms with Crippen LogP contribution in [0, 0.1) is 0 Å². The van der Waals surface area contributed by atoms with Gasteiger partial charge in [0.05, 0.1) is 6.10 Å². The zero-order valence-electron chi connectivity index (χ0n) is 14.8. The molecule has 2 aromatic rings. The summed E-state index contributed by atoms with van der Waals surface area (Å²) in [6.45, 7) is 2.79. The molecule has 25 heavy (non-hydrogen) atoms. The number of hydrogen-bond acceptors (Lipinski definition) is 2. The van der Waals surface area contributed by atoms with Crippen LogP contribution in [0.4, 0.5) is 0 Å². The van der Waals surface area contributed by atoms with Crippen molar-refractivity contribution in [3.8, 4) is 0 Å². The number of aliphatic hydroxyl groups excluding tert-OH is 1. The van der Waals surface area contributed by atoms with E-state index in [9.17, 15) is 5.11 Å². The maximum Gasteiger partial charge on any atom is 2.00 e. The van der Waals surface area contributed by atoms with Gasteiger partial charge in [0, 0.05) is 6.54 Å². The molecule has 0 aliphatic heterocycles. The summed E-state index contributed by atoms with van der Waals surface area (Å²) in [5.41, 5.74) is 4.93. The molecule has 132 valence electrons. The molecule has 3 rings (SSSR count). The molecule has 0 aromatic heterocycles. The monoisotopic (exact) mass is 411 g/mol. The van der Waals surface area contributed by atoms with Gasteiger partial charge in [-0.05, 0) is 60.5 Å². The van der Waals surface area contributed by atoms with Gasteiger partial charge in [0.2, 0.25) is 0 Å². The molecule has 0 heterocycles. The number of nitrogens with zero attached hydrogens (tertiary/aromatic N) is 1. The second kappa shape index (κ2) is 10.5. The molecule has 1 aliphatic rings. The van der Waals surface area contributed by atoms with Gasteiger partial charge < -0.3 is 34.8 Å². The van der Waals surface area contributed by atoms with Crippen molar-refractivity contribution < 1.29 is 51.6 Å². The standard InChI is InChI=1S/C20H23NO.2ClH.Ti/c1-14(22)20-18-9-5-4-7-15(18)11-12-19(20)17-10-6-8-16(17)13-21(2)3;;;/h4-9,11-12,14,22H,10,13H2,1-3H3;2*1H;/q;;;+2/p-2. The van der Waals surface area contributed by atoms with Gasteiger partial charge in [0.1, 0.15) is 0 Å². The zero-order chi connectivity index (χ0) is 15.7. The molecule has 1 aliphatic carbocycles. The molecule has 0 saturated heterocycles. The first-order valence-corrected chi connectivity index (χ1v) is 7.81. The predicted molar refractivity (Wildman–Crippen MR) is 93.8 cm³/mol. The zero-order valence-corrected chi connectivity index (χ0v) is 17.8. The van der Waals surface area contributed by atoms with Gasteiger partial charge in [-0.1, -0.05) is 48.6 Å². The van der Waals surface area contributed by atoms with E-state index < -0.39 is 6.10 Å². The van der Waals surface area contributed by atoms with E-state index in [-0.39, 0.29) is 46.5 Å². The summed E-state index contributed by atoms with van der Waals surface area (Å²) in [6, 6.07) is 12.6. The fraction of sp³-hybridized carbons (Fsp3) is 0.300. The van der Waals surface area contributed by atoms with Crippen molar-refractivity contribution in [3.63, 3.8) is 0 Å². The third-order valence-electron chi connectivity index (χ3n) is 4.23. The summed E-state index contributed by atoms with van der Waals surface area (Å²) < 4.78 is 0. The Balaban J connectivity index is 0.00000192. The van der Waals surface area contributed by atoms with Crippen LogP contribution in [-0.4, -0.2) is 30.6 Å². The Morgan fingerprint density at radius 1 is 1.08 bits per heavy atom. The van der Waals surface area contributed by atoms with Gasteiger partial charge in [0.15, 0.2) is 0 Å². The largest absolute Gasteiger partial charge is 2.00 e. The third kappa shape index (κ3) is 5.20.